The highest BCUT2D eigenvalue weighted by atomic mass is 32.1. The molecule has 0 saturated carbocycles. The van der Waals surface area contributed by atoms with Crippen LogP contribution in [0.3, 0.4) is 0 Å². The van der Waals surface area contributed by atoms with Gasteiger partial charge in [-0.15, -0.1) is 11.3 Å². The van der Waals surface area contributed by atoms with E-state index in [1.165, 1.54) is 16.2 Å². The predicted molar refractivity (Wildman–Crippen MR) is 71.2 cm³/mol. The maximum absolute atomic E-state index is 5.06. The van der Waals surface area contributed by atoms with Crippen LogP contribution in [-0.2, 0) is 4.74 Å². The Morgan fingerprint density at radius 2 is 2.12 bits per heavy atom. The Bertz CT molecular complexity index is 298. The number of hydrogen-bond donors (Lipinski definition) is 0. The SMILES string of the molecule is COCCCCN(C)[C@@H](C)c1ccc(C)s1. The van der Waals surface area contributed by atoms with Crippen LogP contribution in [0.5, 0.6) is 0 Å². The van der Waals surface area contributed by atoms with Gasteiger partial charge in [0.05, 0.1) is 0 Å². The average Bonchev–Trinajstić information content (AvgIpc) is 2.70. The third-order valence-corrected chi connectivity index (χ3v) is 4.11. The van der Waals surface area contributed by atoms with Crippen LogP contribution in [0.25, 0.3) is 0 Å². The Labute approximate surface area is 103 Å². The van der Waals surface area contributed by atoms with Crippen LogP contribution in [0, 0.1) is 6.92 Å². The van der Waals surface area contributed by atoms with Gasteiger partial charge in [0, 0.05) is 29.5 Å². The molecule has 0 radical (unpaired) electrons. The van der Waals surface area contributed by atoms with Crippen LogP contribution in [0.1, 0.15) is 35.6 Å². The van der Waals surface area contributed by atoms with E-state index in [2.05, 4.69) is 37.9 Å². The second-order valence-electron chi connectivity index (χ2n) is 4.30. The summed E-state index contributed by atoms with van der Waals surface area (Å²) < 4.78 is 5.06. The van der Waals surface area contributed by atoms with Crippen molar-refractivity contribution in [1.29, 1.82) is 0 Å². The second-order valence-corrected chi connectivity index (χ2v) is 5.62. The molecular formula is C13H23NOS. The maximum Gasteiger partial charge on any atom is 0.0462 e. The number of unbranched alkanes of at least 4 members (excludes halogenated alkanes) is 1. The zero-order chi connectivity index (χ0) is 12.0. The van der Waals surface area contributed by atoms with E-state index < -0.39 is 0 Å². The summed E-state index contributed by atoms with van der Waals surface area (Å²) in [4.78, 5) is 5.28. The molecule has 0 N–H and O–H groups in total. The average molecular weight is 241 g/mol. The Kier molecular flexibility index (Phi) is 6.03. The van der Waals surface area contributed by atoms with Gasteiger partial charge in [0.2, 0.25) is 0 Å². The highest BCUT2D eigenvalue weighted by Crippen LogP contribution is 2.26. The first kappa shape index (κ1) is 13.7. The van der Waals surface area contributed by atoms with Crippen molar-refractivity contribution < 1.29 is 4.74 Å². The minimum atomic E-state index is 0.529. The summed E-state index contributed by atoms with van der Waals surface area (Å²) in [5, 5.41) is 0. The number of aryl methyl sites for hydroxylation is 1. The van der Waals surface area contributed by atoms with Crippen LogP contribution < -0.4 is 0 Å². The van der Waals surface area contributed by atoms with Crippen molar-refractivity contribution in [3.63, 3.8) is 0 Å². The molecule has 1 heterocycles. The van der Waals surface area contributed by atoms with E-state index in [0.717, 1.165) is 19.6 Å². The van der Waals surface area contributed by atoms with E-state index in [9.17, 15) is 0 Å². The molecule has 0 aliphatic rings. The molecule has 0 amide bonds. The molecule has 0 aromatic carbocycles. The number of rotatable bonds is 7. The van der Waals surface area contributed by atoms with Crippen LogP contribution in [-0.4, -0.2) is 32.2 Å². The lowest BCUT2D eigenvalue weighted by atomic mass is 10.2. The van der Waals surface area contributed by atoms with Crippen molar-refractivity contribution in [2.24, 2.45) is 0 Å². The van der Waals surface area contributed by atoms with E-state index in [4.69, 9.17) is 4.74 Å². The topological polar surface area (TPSA) is 12.5 Å². The summed E-state index contributed by atoms with van der Waals surface area (Å²) in [5.74, 6) is 0. The summed E-state index contributed by atoms with van der Waals surface area (Å²) in [6.07, 6.45) is 2.36. The number of thiophene rings is 1. The quantitative estimate of drug-likeness (QED) is 0.678. The third-order valence-electron chi connectivity index (χ3n) is 2.94. The van der Waals surface area contributed by atoms with Gasteiger partial charge in [-0.3, -0.25) is 4.90 Å². The molecule has 1 rings (SSSR count). The fraction of sp³-hybridized carbons (Fsp3) is 0.692. The first-order valence-corrected chi connectivity index (χ1v) is 6.72. The fourth-order valence-electron chi connectivity index (χ4n) is 1.70. The predicted octanol–water partition coefficient (Wildman–Crippen LogP) is 3.48. The van der Waals surface area contributed by atoms with Gasteiger partial charge in [-0.2, -0.15) is 0 Å². The molecule has 0 saturated heterocycles. The van der Waals surface area contributed by atoms with Crippen LogP contribution in [0.2, 0.25) is 0 Å². The zero-order valence-corrected chi connectivity index (χ0v) is 11.6. The van der Waals surface area contributed by atoms with Gasteiger partial charge in [-0.1, -0.05) is 0 Å². The molecule has 0 aliphatic carbocycles. The lowest BCUT2D eigenvalue weighted by molar-refractivity contribution is 0.182. The van der Waals surface area contributed by atoms with E-state index in [1.54, 1.807) is 7.11 Å². The van der Waals surface area contributed by atoms with Crippen molar-refractivity contribution in [3.8, 4) is 0 Å². The largest absolute Gasteiger partial charge is 0.385 e. The molecule has 0 spiro atoms. The van der Waals surface area contributed by atoms with Crippen molar-refractivity contribution in [1.82, 2.24) is 4.90 Å². The highest BCUT2D eigenvalue weighted by Gasteiger charge is 2.12. The monoisotopic (exact) mass is 241 g/mol. The molecule has 0 unspecified atom stereocenters. The Hall–Kier alpha value is -0.380. The summed E-state index contributed by atoms with van der Waals surface area (Å²) in [5.41, 5.74) is 0. The first-order valence-electron chi connectivity index (χ1n) is 5.90. The van der Waals surface area contributed by atoms with Crippen LogP contribution in [0.4, 0.5) is 0 Å². The summed E-state index contributed by atoms with van der Waals surface area (Å²) in [6.45, 7) is 6.46. The number of hydrogen-bond acceptors (Lipinski definition) is 3. The fourth-order valence-corrected chi connectivity index (χ4v) is 2.69. The van der Waals surface area contributed by atoms with Crippen LogP contribution >= 0.6 is 11.3 Å². The van der Waals surface area contributed by atoms with E-state index in [1.807, 2.05) is 11.3 Å². The van der Waals surface area contributed by atoms with Crippen molar-refractivity contribution in [2.45, 2.75) is 32.7 Å². The first-order chi connectivity index (χ1) is 7.65. The van der Waals surface area contributed by atoms with Gasteiger partial charge in [0.25, 0.3) is 0 Å². The zero-order valence-electron chi connectivity index (χ0n) is 10.8. The van der Waals surface area contributed by atoms with Gasteiger partial charge in [0.15, 0.2) is 0 Å². The number of methoxy groups -OCH3 is 1. The highest BCUT2D eigenvalue weighted by molar-refractivity contribution is 7.12. The van der Waals surface area contributed by atoms with Gasteiger partial charge >= 0.3 is 0 Å². The van der Waals surface area contributed by atoms with Gasteiger partial charge in [0.1, 0.15) is 0 Å². The maximum atomic E-state index is 5.06. The molecule has 16 heavy (non-hydrogen) atoms. The van der Waals surface area contributed by atoms with Gasteiger partial charge in [-0.05, 0) is 52.4 Å². The molecule has 1 aromatic rings. The van der Waals surface area contributed by atoms with Crippen molar-refractivity contribution >= 4 is 11.3 Å². The molecule has 2 nitrogen and oxygen atoms in total. The molecule has 1 aromatic heterocycles. The smallest absolute Gasteiger partial charge is 0.0462 e. The van der Waals surface area contributed by atoms with E-state index in [-0.39, 0.29) is 0 Å². The minimum Gasteiger partial charge on any atom is -0.385 e. The Balaban J connectivity index is 2.33. The lowest BCUT2D eigenvalue weighted by Crippen LogP contribution is -2.23. The van der Waals surface area contributed by atoms with E-state index in [0.29, 0.717) is 6.04 Å². The van der Waals surface area contributed by atoms with Crippen molar-refractivity contribution in [3.05, 3.63) is 21.9 Å². The number of ether oxygens (including phenoxy) is 1. The van der Waals surface area contributed by atoms with Gasteiger partial charge in [-0.25, -0.2) is 0 Å². The summed E-state index contributed by atoms with van der Waals surface area (Å²) >= 11 is 1.90. The Morgan fingerprint density at radius 3 is 2.69 bits per heavy atom. The molecule has 92 valence electrons. The molecule has 0 fully saturated rings. The normalized spacial score (nSPS) is 13.3. The molecule has 3 heteroatoms. The number of nitrogens with zero attached hydrogens (tertiary/aromatic N) is 1. The third kappa shape index (κ3) is 4.24. The molecule has 1 atom stereocenters. The van der Waals surface area contributed by atoms with E-state index >= 15 is 0 Å². The minimum absolute atomic E-state index is 0.529. The molecule has 0 bridgehead atoms. The second kappa shape index (κ2) is 7.05. The Morgan fingerprint density at radius 1 is 1.38 bits per heavy atom. The summed E-state index contributed by atoms with van der Waals surface area (Å²) in [6, 6.07) is 4.98. The van der Waals surface area contributed by atoms with Crippen LogP contribution in [0.15, 0.2) is 12.1 Å². The standard InChI is InChI=1S/C13H23NOS/c1-11-7-8-13(16-11)12(2)14(3)9-5-6-10-15-4/h7-8,12H,5-6,9-10H2,1-4H3/t12-/m0/s1. The summed E-state index contributed by atoms with van der Waals surface area (Å²) in [7, 11) is 3.97. The van der Waals surface area contributed by atoms with Gasteiger partial charge < -0.3 is 4.74 Å². The molecule has 0 aliphatic heterocycles. The lowest BCUT2D eigenvalue weighted by Gasteiger charge is -2.23. The molecular weight excluding hydrogens is 218 g/mol. The van der Waals surface area contributed by atoms with Crippen molar-refractivity contribution in [2.75, 3.05) is 27.3 Å².